The Kier molecular flexibility index (Phi) is 16.6. The molecule has 3 N–H and O–H groups in total. The molecular weight excluding hydrogens is 1050 g/mol. The van der Waals surface area contributed by atoms with Crippen LogP contribution < -0.4 is 5.32 Å². The number of carbonyl (C=O) groups is 6. The number of ketones is 1. The van der Waals surface area contributed by atoms with E-state index in [1.165, 1.54) is 26.0 Å². The van der Waals surface area contributed by atoms with Gasteiger partial charge >= 0.3 is 31.7 Å². The Morgan fingerprint density at radius 3 is 1.76 bits per heavy atom. The van der Waals surface area contributed by atoms with E-state index in [9.17, 15) is 29.4 Å². The normalized spacial score (nSPS) is 27.5. The predicted molar refractivity (Wildman–Crippen MR) is 287 cm³/mol. The Hall–Kier alpha value is -7.15. The molecule has 11 atom stereocenters. The first-order chi connectivity index (χ1) is 38.1. The van der Waals surface area contributed by atoms with Crippen molar-refractivity contribution in [1.29, 1.82) is 0 Å². The molecule has 2 bridgehead atoms. The minimum atomic E-state index is -4.98. The summed E-state index contributed by atoms with van der Waals surface area (Å²) in [4.78, 5) is 87.4. The molecule has 0 spiro atoms. The molecular formula is C61H64NO17P. The number of aliphatic hydroxyl groups is 2. The number of ether oxygens (including phenoxy) is 5. The maximum atomic E-state index is 15.9. The smallest absolute Gasteiger partial charge is 0.456 e. The van der Waals surface area contributed by atoms with Gasteiger partial charge in [-0.15, -0.1) is 0 Å². The van der Waals surface area contributed by atoms with Gasteiger partial charge in [-0.2, -0.15) is 0 Å². The van der Waals surface area contributed by atoms with E-state index in [1.54, 1.807) is 153 Å². The lowest BCUT2D eigenvalue weighted by molar-refractivity contribution is -0.346. The molecule has 18 nitrogen and oxygen atoms in total. The van der Waals surface area contributed by atoms with Crippen molar-refractivity contribution in [2.75, 3.05) is 6.61 Å². The summed E-state index contributed by atoms with van der Waals surface area (Å²) < 4.78 is 65.3. The van der Waals surface area contributed by atoms with Crippen LogP contribution in [0.15, 0.2) is 163 Å². The van der Waals surface area contributed by atoms with Crippen LogP contribution in [0.25, 0.3) is 0 Å². The zero-order chi connectivity index (χ0) is 57.2. The van der Waals surface area contributed by atoms with Gasteiger partial charge in [0.2, 0.25) is 0 Å². The summed E-state index contributed by atoms with van der Waals surface area (Å²) in [6.45, 7) is 7.19. The number of nitrogens with one attached hydrogen (secondary N) is 1. The molecule has 5 aromatic rings. The molecule has 9 rings (SSSR count). The lowest BCUT2D eigenvalue weighted by Gasteiger charge is -2.67. The molecule has 0 aromatic heterocycles. The number of rotatable bonds is 18. The first-order valence-corrected chi connectivity index (χ1v) is 27.7. The first kappa shape index (κ1) is 57.5. The number of esters is 4. The minimum absolute atomic E-state index is 0.0321. The van der Waals surface area contributed by atoms with Crippen molar-refractivity contribution in [3.8, 4) is 0 Å². The van der Waals surface area contributed by atoms with Crippen LogP contribution >= 0.6 is 7.82 Å². The van der Waals surface area contributed by atoms with E-state index in [0.717, 1.165) is 13.8 Å². The number of Topliss-reactive ketones (excluding diaryl/α,β-unsaturated/α-hetero) is 1. The minimum Gasteiger partial charge on any atom is -0.456 e. The van der Waals surface area contributed by atoms with Crippen LogP contribution in [0.3, 0.4) is 0 Å². The summed E-state index contributed by atoms with van der Waals surface area (Å²) >= 11 is 0. The van der Waals surface area contributed by atoms with Crippen LogP contribution in [-0.2, 0) is 74.2 Å². The number of hydrogen-bond acceptors (Lipinski definition) is 17. The molecule has 1 amide bonds. The van der Waals surface area contributed by atoms with Crippen LogP contribution in [0, 0.1) is 16.7 Å². The highest BCUT2D eigenvalue weighted by Gasteiger charge is 2.78. The molecule has 5 aromatic carbocycles. The molecule has 80 heavy (non-hydrogen) atoms. The number of aliphatic hydroxyl groups excluding tert-OH is 1. The third-order valence-electron chi connectivity index (χ3n) is 16.2. The fourth-order valence-corrected chi connectivity index (χ4v) is 13.3. The average molecular weight is 1110 g/mol. The van der Waals surface area contributed by atoms with Gasteiger partial charge < -0.3 is 39.2 Å². The van der Waals surface area contributed by atoms with Gasteiger partial charge in [0.25, 0.3) is 5.91 Å². The number of phosphoric acid groups is 1. The average Bonchev–Trinajstić information content (AvgIpc) is 3.43. The number of hydrogen-bond donors (Lipinski definition) is 3. The number of amides is 1. The summed E-state index contributed by atoms with van der Waals surface area (Å²) in [7, 11) is -4.98. The van der Waals surface area contributed by atoms with E-state index in [0.29, 0.717) is 11.1 Å². The zero-order valence-electron chi connectivity index (χ0n) is 45.1. The van der Waals surface area contributed by atoms with Gasteiger partial charge in [0.15, 0.2) is 23.6 Å². The molecule has 3 aliphatic carbocycles. The van der Waals surface area contributed by atoms with Crippen LogP contribution in [0.4, 0.5) is 0 Å². The monoisotopic (exact) mass is 1110 g/mol. The fraction of sp³-hybridized carbons (Fsp3) is 0.377. The molecule has 19 heteroatoms. The largest absolute Gasteiger partial charge is 0.476 e. The Morgan fingerprint density at radius 1 is 0.725 bits per heavy atom. The zero-order valence-corrected chi connectivity index (χ0v) is 45.9. The maximum absolute atomic E-state index is 15.9. The van der Waals surface area contributed by atoms with Gasteiger partial charge in [-0.05, 0) is 65.9 Å². The molecule has 2 saturated carbocycles. The van der Waals surface area contributed by atoms with Crippen molar-refractivity contribution in [1.82, 2.24) is 5.32 Å². The highest BCUT2D eigenvalue weighted by molar-refractivity contribution is 7.48. The molecule has 0 unspecified atom stereocenters. The van der Waals surface area contributed by atoms with Crippen molar-refractivity contribution in [3.05, 3.63) is 191 Å². The van der Waals surface area contributed by atoms with Crippen molar-refractivity contribution >= 4 is 43.4 Å². The van der Waals surface area contributed by atoms with Crippen LogP contribution in [0.1, 0.15) is 97.8 Å². The Morgan fingerprint density at radius 2 is 1.25 bits per heavy atom. The third-order valence-corrected chi connectivity index (χ3v) is 17.5. The quantitative estimate of drug-likeness (QED) is 0.0323. The summed E-state index contributed by atoms with van der Waals surface area (Å²) in [5, 5.41) is 29.4. The second-order valence-corrected chi connectivity index (χ2v) is 23.0. The lowest BCUT2D eigenvalue weighted by atomic mass is 9.44. The predicted octanol–water partition coefficient (Wildman–Crippen LogP) is 8.30. The van der Waals surface area contributed by atoms with E-state index in [2.05, 4.69) is 5.32 Å². The van der Waals surface area contributed by atoms with Gasteiger partial charge in [0.05, 0.1) is 48.9 Å². The van der Waals surface area contributed by atoms with Gasteiger partial charge in [0, 0.05) is 37.7 Å². The second kappa shape index (κ2) is 23.1. The summed E-state index contributed by atoms with van der Waals surface area (Å²) in [5.74, 6) is -7.24. The lowest BCUT2D eigenvalue weighted by Crippen LogP contribution is -2.82. The van der Waals surface area contributed by atoms with Crippen LogP contribution in [0.2, 0.25) is 0 Å². The van der Waals surface area contributed by atoms with Gasteiger partial charge in [0.1, 0.15) is 23.9 Å². The van der Waals surface area contributed by atoms with E-state index < -0.39 is 120 Å². The number of benzene rings is 5. The Labute approximate surface area is 463 Å². The number of carbonyl (C=O) groups excluding carboxylic acids is 6. The number of fused-ring (bicyclic) bond motifs is 5. The Bertz CT molecular complexity index is 3130. The van der Waals surface area contributed by atoms with E-state index in [-0.39, 0.29) is 54.1 Å². The van der Waals surface area contributed by atoms with E-state index in [1.807, 2.05) is 0 Å². The number of phosphoric ester groups is 1. The van der Waals surface area contributed by atoms with Crippen molar-refractivity contribution in [2.45, 2.75) is 121 Å². The third kappa shape index (κ3) is 11.1. The first-order valence-electron chi connectivity index (χ1n) is 26.3. The van der Waals surface area contributed by atoms with Crippen molar-refractivity contribution in [3.63, 3.8) is 0 Å². The molecule has 4 aliphatic rings. The van der Waals surface area contributed by atoms with Crippen LogP contribution in [-0.4, -0.2) is 100 Å². The molecule has 1 saturated heterocycles. The summed E-state index contributed by atoms with van der Waals surface area (Å²) in [6, 6.07) is 40.0. The van der Waals surface area contributed by atoms with Crippen LogP contribution in [0.5, 0.6) is 0 Å². The van der Waals surface area contributed by atoms with Crippen molar-refractivity contribution in [2.24, 2.45) is 16.7 Å². The van der Waals surface area contributed by atoms with Gasteiger partial charge in [-0.25, -0.2) is 14.2 Å². The fourth-order valence-electron chi connectivity index (χ4n) is 12.0. The highest BCUT2D eigenvalue weighted by Crippen LogP contribution is 2.65. The van der Waals surface area contributed by atoms with E-state index in [4.69, 9.17) is 37.3 Å². The molecule has 3 fully saturated rings. The Balaban J connectivity index is 1.22. The highest BCUT2D eigenvalue weighted by atomic mass is 31.2. The topological polar surface area (TPSA) is 246 Å². The molecule has 0 radical (unpaired) electrons. The standard InChI is InChI=1S/C61H64NO17P/c1-37-45(33-61(70)54(77-56(68)44-30-20-11-21-31-44)52-59(6,46(65)32-47-60(52,36-72-47)78-39(3)64)53(66)50(75-38(2)63)48(37)58(61,4)5)76-57(69)51(49(42-26-16-9-17-27-42)62-55(67)43-28-18-10-19-29-43)79-80(71,73-34-40-22-12-7-13-23-40)74-35-41-24-14-8-15-25-41/h7-31,45-47,49-52,54,65,70H,32-36H2,1-6H3,(H,62,67)/t45-,46-,47+,49-,50+,51+,52-,54-,59+,60-,61+/m0/s1. The van der Waals surface area contributed by atoms with Crippen molar-refractivity contribution < 1.29 is 80.8 Å². The second-order valence-electron chi connectivity index (χ2n) is 21.4. The molecule has 1 aliphatic heterocycles. The summed E-state index contributed by atoms with van der Waals surface area (Å²) in [5.41, 5.74) is -6.63. The SMILES string of the molecule is CC(=O)O[C@H]1C(=O)[C@@]2(C)[C@H]([C@H](OC(=O)c3ccccc3)[C@]3(O)C[C@H](OC(=O)[C@H](OP(=O)(OCc4ccccc4)OCc4ccccc4)[C@@H](NC(=O)c4ccccc4)c4ccccc4)C(C)=C1C3(C)C)[C@]1(OC(C)=O)CO[C@@H]1C[C@@H]2O. The molecule has 420 valence electrons. The summed E-state index contributed by atoms with van der Waals surface area (Å²) in [6.07, 6.45) is -11.2. The van der Waals surface area contributed by atoms with E-state index >= 15 is 14.2 Å². The maximum Gasteiger partial charge on any atom is 0.476 e. The van der Waals surface area contributed by atoms with Gasteiger partial charge in [-0.3, -0.25) is 32.7 Å². The van der Waals surface area contributed by atoms with Gasteiger partial charge in [-0.1, -0.05) is 141 Å². The molecule has 1 heterocycles.